The molecule has 0 aromatic carbocycles. The van der Waals surface area contributed by atoms with E-state index in [1.807, 2.05) is 0 Å². The fraction of sp³-hybridized carbons (Fsp3) is 1.00. The monoisotopic (exact) mass is 78.1 g/mol. The van der Waals surface area contributed by atoms with Gasteiger partial charge < -0.3 is 0 Å². The highest BCUT2D eigenvalue weighted by molar-refractivity contribution is 3.92. The van der Waals surface area contributed by atoms with Gasteiger partial charge in [0.15, 0.2) is 0 Å². The van der Waals surface area contributed by atoms with Crippen molar-refractivity contribution in [2.45, 2.75) is 20.3 Å². The molecule has 0 aromatic rings. The van der Waals surface area contributed by atoms with Crippen molar-refractivity contribution < 1.29 is 11.1 Å². The summed E-state index contributed by atoms with van der Waals surface area (Å²) in [7, 11) is 0. The van der Waals surface area contributed by atoms with Gasteiger partial charge in [0, 0.05) is 0 Å². The van der Waals surface area contributed by atoms with Crippen LogP contribution in [0.3, 0.4) is 0 Å². The third-order valence-electron chi connectivity index (χ3n) is 0. The molecule has 2 nitrogen and oxygen atoms in total. The molecule has 0 aromatic heterocycles. The van der Waals surface area contributed by atoms with E-state index >= 15 is 0 Å². The summed E-state index contributed by atoms with van der Waals surface area (Å²) in [5.74, 6) is 2.25. The molecule has 0 fully saturated rings. The molecule has 34 valence electrons. The van der Waals surface area contributed by atoms with Crippen molar-refractivity contribution in [1.29, 1.82) is 0 Å². The van der Waals surface area contributed by atoms with Crippen LogP contribution in [0.2, 0.25) is 0 Å². The minimum Gasteiger partial charge on any atom is -0.222 e. The lowest BCUT2D eigenvalue weighted by molar-refractivity contribution is -0.670. The van der Waals surface area contributed by atoms with Gasteiger partial charge in [0.05, 0.1) is 0 Å². The Bertz CT molecular complexity index is 6.85. The van der Waals surface area contributed by atoms with Crippen LogP contribution >= 0.6 is 0 Å². The molecule has 0 saturated heterocycles. The summed E-state index contributed by atoms with van der Waals surface area (Å²) in [6, 6.07) is 0. The Labute approximate surface area is 32.6 Å². The fourth-order valence-electron chi connectivity index (χ4n) is 0. The first-order valence-electron chi connectivity index (χ1n) is 1.73. The molecule has 0 radical (unpaired) electrons. The van der Waals surface area contributed by atoms with Crippen LogP contribution in [-0.4, -0.2) is 5.21 Å². The Hall–Kier alpha value is -0.0800. The molecule has 2 heteroatoms. The van der Waals surface area contributed by atoms with Crippen LogP contribution in [0.25, 0.3) is 0 Å². The maximum absolute atomic E-state index is 6.75. The van der Waals surface area contributed by atoms with Crippen molar-refractivity contribution in [3.8, 4) is 0 Å². The molecule has 0 amide bonds. The molecule has 0 aliphatic heterocycles. The summed E-state index contributed by atoms with van der Waals surface area (Å²) in [5, 5.41) is 6.75. The minimum atomic E-state index is 1.25. The predicted molar refractivity (Wildman–Crippen MR) is 20.6 cm³/mol. The quantitative estimate of drug-likeness (QED) is 0.395. The van der Waals surface area contributed by atoms with E-state index in [-0.39, 0.29) is 0 Å². The first-order valence-corrected chi connectivity index (χ1v) is 1.73. The topological polar surface area (TPSA) is 47.9 Å². The normalized spacial score (nSPS) is 4.80. The van der Waals surface area contributed by atoms with E-state index in [0.717, 1.165) is 0 Å². The van der Waals surface area contributed by atoms with Gasteiger partial charge in [0.1, 0.15) is 0 Å². The van der Waals surface area contributed by atoms with Crippen LogP contribution in [0.1, 0.15) is 20.3 Å². The largest absolute Gasteiger partial charge is 0.222 e. The van der Waals surface area contributed by atoms with Crippen molar-refractivity contribution in [2.75, 3.05) is 0 Å². The van der Waals surface area contributed by atoms with E-state index in [1.54, 1.807) is 0 Å². The Kier molecular flexibility index (Phi) is 70.0. The Morgan fingerprint density at radius 2 is 1.40 bits per heavy atom. The summed E-state index contributed by atoms with van der Waals surface area (Å²) in [4.78, 5) is 0. The highest BCUT2D eigenvalue weighted by Crippen LogP contribution is 1.56. The Balaban J connectivity index is 0. The van der Waals surface area contributed by atoms with Crippen LogP contribution in [0.15, 0.2) is 0 Å². The first kappa shape index (κ1) is 8.87. The summed E-state index contributed by atoms with van der Waals surface area (Å²) < 4.78 is 0. The van der Waals surface area contributed by atoms with Crippen molar-refractivity contribution >= 4 is 0 Å². The van der Waals surface area contributed by atoms with E-state index in [9.17, 15) is 0 Å². The number of rotatable bonds is 0. The maximum atomic E-state index is 6.75. The summed E-state index contributed by atoms with van der Waals surface area (Å²) in [5.41, 5.74) is 0. The fourth-order valence-corrected chi connectivity index (χ4v) is 0. The second kappa shape index (κ2) is 39.5. The van der Waals surface area contributed by atoms with E-state index < -0.39 is 0 Å². The second-order valence-corrected chi connectivity index (χ2v) is 0.707. The minimum absolute atomic E-state index is 1.25. The SMILES string of the molecule is CCC.[NH3+]O. The average molecular weight is 78.1 g/mol. The molecule has 0 aliphatic carbocycles. The molecule has 0 atom stereocenters. The van der Waals surface area contributed by atoms with Gasteiger partial charge in [-0.05, 0) is 0 Å². The van der Waals surface area contributed by atoms with E-state index in [1.165, 1.54) is 6.42 Å². The zero-order chi connectivity index (χ0) is 4.71. The lowest BCUT2D eigenvalue weighted by atomic mass is 10.6. The van der Waals surface area contributed by atoms with Crippen molar-refractivity contribution in [2.24, 2.45) is 0 Å². The lowest BCUT2D eigenvalue weighted by Gasteiger charge is -1.48. The van der Waals surface area contributed by atoms with Crippen LogP contribution in [0.4, 0.5) is 0 Å². The smallest absolute Gasteiger partial charge is 0.0590 e. The van der Waals surface area contributed by atoms with Crippen molar-refractivity contribution in [3.05, 3.63) is 0 Å². The molecule has 0 spiro atoms. The molecule has 0 unspecified atom stereocenters. The molecular weight excluding hydrogens is 66.0 g/mol. The third-order valence-corrected chi connectivity index (χ3v) is 0. The lowest BCUT2D eigenvalue weighted by Crippen LogP contribution is -2.42. The summed E-state index contributed by atoms with van der Waals surface area (Å²) in [6.07, 6.45) is 1.25. The highest BCUT2D eigenvalue weighted by atomic mass is 16.4. The Morgan fingerprint density at radius 3 is 1.40 bits per heavy atom. The molecular formula is C3H12NO+. The highest BCUT2D eigenvalue weighted by Gasteiger charge is 1.35. The van der Waals surface area contributed by atoms with E-state index in [0.29, 0.717) is 0 Å². The van der Waals surface area contributed by atoms with Crippen LogP contribution in [0, 0.1) is 0 Å². The zero-order valence-electron chi connectivity index (χ0n) is 3.86. The van der Waals surface area contributed by atoms with Gasteiger partial charge in [0.2, 0.25) is 0 Å². The van der Waals surface area contributed by atoms with Gasteiger partial charge in [-0.2, -0.15) is 0 Å². The zero-order valence-corrected chi connectivity index (χ0v) is 3.86. The molecule has 0 bridgehead atoms. The average Bonchev–Trinajstić information content (AvgIpc) is 1.46. The number of hydrogen-bond donors (Lipinski definition) is 2. The van der Waals surface area contributed by atoms with Crippen LogP contribution in [0.5, 0.6) is 0 Å². The van der Waals surface area contributed by atoms with Crippen LogP contribution in [-0.2, 0) is 0 Å². The van der Waals surface area contributed by atoms with Crippen molar-refractivity contribution in [3.63, 3.8) is 0 Å². The molecule has 4 N–H and O–H groups in total. The first-order chi connectivity index (χ1) is 2.41. The standard InChI is InChI=1S/C3H8.H4NO/c1-3-2;1-2/h3H2,1-2H3;2H,1H3/q;+1. The molecule has 0 heterocycles. The van der Waals surface area contributed by atoms with Gasteiger partial charge in [-0.1, -0.05) is 20.3 Å². The number of quaternary nitrogens is 1. The molecule has 0 saturated carbocycles. The van der Waals surface area contributed by atoms with Crippen LogP contribution < -0.4 is 5.90 Å². The number of hydrogen-bond acceptors (Lipinski definition) is 1. The summed E-state index contributed by atoms with van der Waals surface area (Å²) >= 11 is 0. The molecule has 0 aliphatic rings. The van der Waals surface area contributed by atoms with Crippen molar-refractivity contribution in [1.82, 2.24) is 0 Å². The van der Waals surface area contributed by atoms with Gasteiger partial charge in [-0.3, -0.25) is 0 Å². The molecule has 0 rings (SSSR count). The van der Waals surface area contributed by atoms with Gasteiger partial charge in [-0.25, -0.2) is 11.1 Å². The second-order valence-electron chi connectivity index (χ2n) is 0.707. The van der Waals surface area contributed by atoms with E-state index in [4.69, 9.17) is 5.21 Å². The Morgan fingerprint density at radius 1 is 1.40 bits per heavy atom. The summed E-state index contributed by atoms with van der Waals surface area (Å²) in [6.45, 7) is 4.25. The maximum Gasteiger partial charge on any atom is -0.0590 e. The molecule has 5 heavy (non-hydrogen) atoms. The van der Waals surface area contributed by atoms with Gasteiger partial charge in [-0.15, -0.1) is 0 Å². The van der Waals surface area contributed by atoms with Gasteiger partial charge >= 0.3 is 0 Å². The third kappa shape index (κ3) is 2260. The van der Waals surface area contributed by atoms with Gasteiger partial charge in [0.25, 0.3) is 0 Å². The van der Waals surface area contributed by atoms with E-state index in [2.05, 4.69) is 19.7 Å². The predicted octanol–water partition coefficient (Wildman–Crippen LogP) is 0.0338.